The number of hydrogen-bond acceptors (Lipinski definition) is 5. The lowest BCUT2D eigenvalue weighted by Crippen LogP contribution is -2.10. The second-order valence-electron chi connectivity index (χ2n) is 3.72. The van der Waals surface area contributed by atoms with Crippen molar-refractivity contribution in [2.75, 3.05) is 14.2 Å². The number of halogens is 2. The first-order valence-electron chi connectivity index (χ1n) is 5.51. The van der Waals surface area contributed by atoms with E-state index in [9.17, 15) is 9.18 Å². The van der Waals surface area contributed by atoms with Gasteiger partial charge in [0.2, 0.25) is 17.5 Å². The summed E-state index contributed by atoms with van der Waals surface area (Å²) in [5.74, 6) is -1.07. The number of nitrogens with zero attached hydrogens (tertiary/aromatic N) is 2. The second-order valence-corrected chi connectivity index (χ2v) is 4.64. The molecule has 2 aromatic rings. The smallest absolute Gasteiger partial charge is 0.247 e. The zero-order valence-electron chi connectivity index (χ0n) is 10.7. The Labute approximate surface area is 122 Å². The van der Waals surface area contributed by atoms with Gasteiger partial charge in [-0.1, -0.05) is 15.9 Å². The van der Waals surface area contributed by atoms with Crippen molar-refractivity contribution in [3.63, 3.8) is 0 Å². The molecule has 0 aliphatic carbocycles. The van der Waals surface area contributed by atoms with Gasteiger partial charge >= 0.3 is 0 Å². The number of carbonyl (C=O) groups excluding carboxylic acids is 1. The van der Waals surface area contributed by atoms with Gasteiger partial charge in [0.25, 0.3) is 0 Å². The Morgan fingerprint density at radius 3 is 2.70 bits per heavy atom. The lowest BCUT2D eigenvalue weighted by molar-refractivity contribution is 0.102. The zero-order chi connectivity index (χ0) is 14.7. The first kappa shape index (κ1) is 14.4. The van der Waals surface area contributed by atoms with E-state index in [4.69, 9.17) is 9.47 Å². The molecule has 1 aromatic heterocycles. The highest BCUT2D eigenvalue weighted by Crippen LogP contribution is 2.23. The summed E-state index contributed by atoms with van der Waals surface area (Å²) in [5, 5.41) is 0. The van der Waals surface area contributed by atoms with Crippen molar-refractivity contribution in [3.05, 3.63) is 45.9 Å². The summed E-state index contributed by atoms with van der Waals surface area (Å²) in [6.07, 6.45) is 1.27. The molecule has 0 amide bonds. The van der Waals surface area contributed by atoms with Gasteiger partial charge in [-0.05, 0) is 18.2 Å². The third kappa shape index (κ3) is 2.77. The molecular weight excluding hydrogens is 331 g/mol. The number of aromatic nitrogens is 2. The normalized spacial score (nSPS) is 10.2. The van der Waals surface area contributed by atoms with Crippen LogP contribution < -0.4 is 9.47 Å². The van der Waals surface area contributed by atoms with Gasteiger partial charge in [0.15, 0.2) is 5.69 Å². The summed E-state index contributed by atoms with van der Waals surface area (Å²) in [7, 11) is 2.76. The Hall–Kier alpha value is -2.02. The first-order valence-corrected chi connectivity index (χ1v) is 6.31. The molecule has 0 atom stereocenters. The molecule has 5 nitrogen and oxygen atoms in total. The minimum atomic E-state index is -0.641. The standard InChI is InChI=1S/C13H10BrFN2O3/c1-19-10-6-16-11(13(17-10)20-2)12(18)8-5-7(14)3-4-9(8)15/h3-6H,1-2H3. The maximum atomic E-state index is 13.7. The number of benzene rings is 1. The van der Waals surface area contributed by atoms with Crippen LogP contribution in [0.15, 0.2) is 28.9 Å². The molecule has 0 aliphatic rings. The molecule has 0 radical (unpaired) electrons. The quantitative estimate of drug-likeness (QED) is 0.800. The van der Waals surface area contributed by atoms with Crippen LogP contribution in [-0.4, -0.2) is 30.0 Å². The van der Waals surface area contributed by atoms with Crippen LogP contribution in [0.3, 0.4) is 0 Å². The van der Waals surface area contributed by atoms with Gasteiger partial charge in [0.1, 0.15) is 5.82 Å². The van der Waals surface area contributed by atoms with Crippen LogP contribution in [-0.2, 0) is 0 Å². The first-order chi connectivity index (χ1) is 9.56. The zero-order valence-corrected chi connectivity index (χ0v) is 12.3. The van der Waals surface area contributed by atoms with Gasteiger partial charge in [-0.2, -0.15) is 4.98 Å². The highest BCUT2D eigenvalue weighted by molar-refractivity contribution is 9.10. The number of rotatable bonds is 4. The Morgan fingerprint density at radius 2 is 2.05 bits per heavy atom. The third-order valence-electron chi connectivity index (χ3n) is 2.51. The molecule has 104 valence electrons. The molecular formula is C13H10BrFN2O3. The van der Waals surface area contributed by atoms with Gasteiger partial charge in [-0.25, -0.2) is 9.37 Å². The SMILES string of the molecule is COc1cnc(C(=O)c2cc(Br)ccc2F)c(OC)n1. The Balaban J connectivity index is 2.50. The minimum absolute atomic E-state index is 0.0197. The topological polar surface area (TPSA) is 61.3 Å². The number of ether oxygens (including phenoxy) is 2. The van der Waals surface area contributed by atoms with E-state index in [0.29, 0.717) is 4.47 Å². The largest absolute Gasteiger partial charge is 0.480 e. The summed E-state index contributed by atoms with van der Waals surface area (Å²) in [6, 6.07) is 4.08. The van der Waals surface area contributed by atoms with Crippen molar-refractivity contribution in [2.24, 2.45) is 0 Å². The van der Waals surface area contributed by atoms with E-state index in [-0.39, 0.29) is 23.0 Å². The van der Waals surface area contributed by atoms with Gasteiger partial charge in [-0.3, -0.25) is 4.79 Å². The van der Waals surface area contributed by atoms with Crippen LogP contribution in [0, 0.1) is 5.82 Å². The van der Waals surface area contributed by atoms with Gasteiger partial charge in [0.05, 0.1) is 26.0 Å². The fourth-order valence-corrected chi connectivity index (χ4v) is 1.91. The lowest BCUT2D eigenvalue weighted by atomic mass is 10.1. The van der Waals surface area contributed by atoms with Gasteiger partial charge in [-0.15, -0.1) is 0 Å². The number of ketones is 1. The molecule has 0 fully saturated rings. The Kier molecular flexibility index (Phi) is 4.29. The molecule has 7 heteroatoms. The van der Waals surface area contributed by atoms with Gasteiger partial charge < -0.3 is 9.47 Å². The average Bonchev–Trinajstić information content (AvgIpc) is 2.48. The van der Waals surface area contributed by atoms with E-state index in [1.54, 1.807) is 0 Å². The molecule has 20 heavy (non-hydrogen) atoms. The van der Waals surface area contributed by atoms with Crippen molar-refractivity contribution in [1.82, 2.24) is 9.97 Å². The Bertz CT molecular complexity index is 664. The molecule has 2 rings (SSSR count). The highest BCUT2D eigenvalue weighted by atomic mass is 79.9. The molecule has 0 bridgehead atoms. The molecule has 0 saturated heterocycles. The van der Waals surface area contributed by atoms with E-state index >= 15 is 0 Å². The average molecular weight is 341 g/mol. The number of hydrogen-bond donors (Lipinski definition) is 0. The van der Waals surface area contributed by atoms with Crippen LogP contribution in [0.4, 0.5) is 4.39 Å². The third-order valence-corrected chi connectivity index (χ3v) is 3.00. The van der Waals surface area contributed by atoms with Crippen molar-refractivity contribution in [2.45, 2.75) is 0 Å². The van der Waals surface area contributed by atoms with Crippen LogP contribution in [0.2, 0.25) is 0 Å². The molecule has 0 N–H and O–H groups in total. The fraction of sp³-hybridized carbons (Fsp3) is 0.154. The Morgan fingerprint density at radius 1 is 1.30 bits per heavy atom. The van der Waals surface area contributed by atoms with Crippen LogP contribution in [0.25, 0.3) is 0 Å². The lowest BCUT2D eigenvalue weighted by Gasteiger charge is -2.08. The summed E-state index contributed by atoms with van der Waals surface area (Å²) in [5.41, 5.74) is -0.192. The summed E-state index contributed by atoms with van der Waals surface area (Å²) >= 11 is 3.19. The van der Waals surface area contributed by atoms with Crippen LogP contribution >= 0.6 is 15.9 Å². The predicted molar refractivity (Wildman–Crippen MR) is 72.7 cm³/mol. The second kappa shape index (κ2) is 5.96. The van der Waals surface area contributed by atoms with Gasteiger partial charge in [0, 0.05) is 4.47 Å². The van der Waals surface area contributed by atoms with Crippen molar-refractivity contribution >= 4 is 21.7 Å². The summed E-state index contributed by atoms with van der Waals surface area (Å²) in [6.45, 7) is 0. The maximum absolute atomic E-state index is 13.7. The van der Waals surface area contributed by atoms with Crippen molar-refractivity contribution in [3.8, 4) is 11.8 Å². The molecule has 0 saturated carbocycles. The molecule has 0 aliphatic heterocycles. The minimum Gasteiger partial charge on any atom is -0.480 e. The molecule has 1 heterocycles. The monoisotopic (exact) mass is 340 g/mol. The van der Waals surface area contributed by atoms with Crippen LogP contribution in [0.1, 0.15) is 16.1 Å². The highest BCUT2D eigenvalue weighted by Gasteiger charge is 2.21. The molecule has 0 spiro atoms. The van der Waals surface area contributed by atoms with E-state index in [1.165, 1.54) is 38.6 Å². The predicted octanol–water partition coefficient (Wildman–Crippen LogP) is 2.63. The van der Waals surface area contributed by atoms with E-state index in [0.717, 1.165) is 0 Å². The molecule has 1 aromatic carbocycles. The number of carbonyl (C=O) groups is 1. The maximum Gasteiger partial charge on any atom is 0.247 e. The number of methoxy groups -OCH3 is 2. The fourth-order valence-electron chi connectivity index (χ4n) is 1.55. The van der Waals surface area contributed by atoms with Crippen LogP contribution in [0.5, 0.6) is 11.8 Å². The van der Waals surface area contributed by atoms with Crippen molar-refractivity contribution in [1.29, 1.82) is 0 Å². The van der Waals surface area contributed by atoms with E-state index in [2.05, 4.69) is 25.9 Å². The van der Waals surface area contributed by atoms with E-state index in [1.807, 2.05) is 0 Å². The van der Waals surface area contributed by atoms with E-state index < -0.39 is 11.6 Å². The summed E-state index contributed by atoms with van der Waals surface area (Å²) in [4.78, 5) is 20.2. The summed E-state index contributed by atoms with van der Waals surface area (Å²) < 4.78 is 24.2. The van der Waals surface area contributed by atoms with Crippen molar-refractivity contribution < 1.29 is 18.7 Å². The molecule has 0 unspecified atom stereocenters.